The summed E-state index contributed by atoms with van der Waals surface area (Å²) in [6.45, 7) is 11.9. The third kappa shape index (κ3) is 3.94. The van der Waals surface area contributed by atoms with Crippen molar-refractivity contribution in [1.82, 2.24) is 25.2 Å². The number of ether oxygens (including phenoxy) is 1. The maximum atomic E-state index is 12.6. The van der Waals surface area contributed by atoms with Gasteiger partial charge in [0.15, 0.2) is 5.69 Å². The molecule has 7 nitrogen and oxygen atoms in total. The van der Waals surface area contributed by atoms with Gasteiger partial charge < -0.3 is 10.1 Å². The zero-order valence-corrected chi connectivity index (χ0v) is 16.0. The fraction of sp³-hybridized carbons (Fsp3) is 0.526. The van der Waals surface area contributed by atoms with Crippen molar-refractivity contribution in [2.75, 3.05) is 32.8 Å². The summed E-state index contributed by atoms with van der Waals surface area (Å²) >= 11 is 0. The first-order valence-electron chi connectivity index (χ1n) is 8.99. The van der Waals surface area contributed by atoms with E-state index in [0.717, 1.165) is 37.7 Å². The second-order valence-corrected chi connectivity index (χ2v) is 7.37. The van der Waals surface area contributed by atoms with Gasteiger partial charge in [0.25, 0.3) is 5.91 Å². The number of aryl methyl sites for hydroxylation is 1. The summed E-state index contributed by atoms with van der Waals surface area (Å²) in [5, 5.41) is 11.3. The monoisotopic (exact) mass is 357 g/mol. The quantitative estimate of drug-likeness (QED) is 0.882. The predicted molar refractivity (Wildman–Crippen MR) is 99.6 cm³/mol. The summed E-state index contributed by atoms with van der Waals surface area (Å²) < 4.78 is 7.10. The van der Waals surface area contributed by atoms with E-state index in [4.69, 9.17) is 4.74 Å². The van der Waals surface area contributed by atoms with Gasteiger partial charge in [0.05, 0.1) is 24.6 Å². The van der Waals surface area contributed by atoms with Crippen LogP contribution in [0.3, 0.4) is 0 Å². The second-order valence-electron chi connectivity index (χ2n) is 7.37. The minimum Gasteiger partial charge on any atom is -0.379 e. The highest BCUT2D eigenvalue weighted by Gasteiger charge is 2.29. The Balaban J connectivity index is 1.67. The third-order valence-electron chi connectivity index (χ3n) is 4.94. The Bertz CT molecular complexity index is 761. The third-order valence-corrected chi connectivity index (χ3v) is 4.94. The number of rotatable bonds is 5. The van der Waals surface area contributed by atoms with Gasteiger partial charge in [0, 0.05) is 25.2 Å². The molecule has 0 spiro atoms. The molecule has 0 bridgehead atoms. The number of nitrogens with zero attached hydrogens (tertiary/aromatic N) is 4. The van der Waals surface area contributed by atoms with E-state index >= 15 is 0 Å². The average molecular weight is 357 g/mol. The summed E-state index contributed by atoms with van der Waals surface area (Å²) in [5.41, 5.74) is 3.03. The van der Waals surface area contributed by atoms with Gasteiger partial charge >= 0.3 is 0 Å². The summed E-state index contributed by atoms with van der Waals surface area (Å²) in [4.78, 5) is 15.0. The maximum absolute atomic E-state index is 12.6. The molecule has 0 saturated carbocycles. The summed E-state index contributed by atoms with van der Waals surface area (Å²) in [5.74, 6) is -0.192. The molecule has 0 radical (unpaired) electrons. The van der Waals surface area contributed by atoms with Crippen LogP contribution in [0.15, 0.2) is 24.3 Å². The fourth-order valence-corrected chi connectivity index (χ4v) is 3.13. The van der Waals surface area contributed by atoms with Gasteiger partial charge in [-0.2, -0.15) is 0 Å². The minimum atomic E-state index is -0.192. The fourth-order valence-electron chi connectivity index (χ4n) is 3.13. The van der Waals surface area contributed by atoms with Gasteiger partial charge in [0.1, 0.15) is 0 Å². The number of benzene rings is 1. The number of hydrogen-bond donors (Lipinski definition) is 1. The Morgan fingerprint density at radius 2 is 1.85 bits per heavy atom. The molecule has 1 aromatic heterocycles. The molecule has 3 rings (SSSR count). The van der Waals surface area contributed by atoms with E-state index in [1.807, 2.05) is 38.1 Å². The van der Waals surface area contributed by atoms with E-state index in [1.165, 1.54) is 5.56 Å². The zero-order chi connectivity index (χ0) is 18.7. The molecule has 0 aliphatic carbocycles. The van der Waals surface area contributed by atoms with E-state index in [-0.39, 0.29) is 11.4 Å². The van der Waals surface area contributed by atoms with E-state index in [1.54, 1.807) is 4.68 Å². The van der Waals surface area contributed by atoms with Crippen LogP contribution in [0.5, 0.6) is 0 Å². The lowest BCUT2D eigenvalue weighted by atomic mass is 10.0. The molecule has 1 aliphatic rings. The number of carbonyl (C=O) groups is 1. The standard InChI is InChI=1S/C19H27N5O2/c1-14-5-7-16(8-6-14)24-15(2)17(21-22-24)18(25)20-13-19(3,4)23-9-11-26-12-10-23/h5-8H,9-13H2,1-4H3,(H,20,25). The smallest absolute Gasteiger partial charge is 0.273 e. The van der Waals surface area contributed by atoms with E-state index in [9.17, 15) is 4.79 Å². The lowest BCUT2D eigenvalue weighted by Crippen LogP contribution is -2.55. The summed E-state index contributed by atoms with van der Waals surface area (Å²) in [7, 11) is 0. The minimum absolute atomic E-state index is 0.139. The predicted octanol–water partition coefficient (Wildman–Crippen LogP) is 1.72. The van der Waals surface area contributed by atoms with Crippen molar-refractivity contribution in [2.45, 2.75) is 33.2 Å². The van der Waals surface area contributed by atoms with Crippen LogP contribution >= 0.6 is 0 Å². The van der Waals surface area contributed by atoms with E-state index < -0.39 is 0 Å². The molecule has 1 fully saturated rings. The van der Waals surface area contributed by atoms with Crippen molar-refractivity contribution < 1.29 is 9.53 Å². The van der Waals surface area contributed by atoms with E-state index in [2.05, 4.69) is 34.4 Å². The molecule has 1 saturated heterocycles. The van der Waals surface area contributed by atoms with Crippen molar-refractivity contribution in [3.8, 4) is 5.69 Å². The Morgan fingerprint density at radius 1 is 1.19 bits per heavy atom. The molecule has 26 heavy (non-hydrogen) atoms. The maximum Gasteiger partial charge on any atom is 0.273 e. The van der Waals surface area contributed by atoms with Gasteiger partial charge in [-0.05, 0) is 39.8 Å². The van der Waals surface area contributed by atoms with Crippen LogP contribution in [-0.4, -0.2) is 64.2 Å². The molecular formula is C19H27N5O2. The number of aromatic nitrogens is 3. The Hall–Kier alpha value is -2.25. The molecule has 2 aromatic rings. The normalized spacial score (nSPS) is 15.8. The lowest BCUT2D eigenvalue weighted by Gasteiger charge is -2.40. The number of morpholine rings is 1. The van der Waals surface area contributed by atoms with Gasteiger partial charge in [-0.1, -0.05) is 22.9 Å². The van der Waals surface area contributed by atoms with Crippen LogP contribution in [0.4, 0.5) is 0 Å². The molecule has 0 unspecified atom stereocenters. The first-order valence-corrected chi connectivity index (χ1v) is 8.99. The van der Waals surface area contributed by atoms with E-state index in [0.29, 0.717) is 12.2 Å². The first-order chi connectivity index (χ1) is 12.4. The van der Waals surface area contributed by atoms with Crippen molar-refractivity contribution >= 4 is 5.91 Å². The van der Waals surface area contributed by atoms with Crippen molar-refractivity contribution in [3.05, 3.63) is 41.2 Å². The van der Waals surface area contributed by atoms with Crippen LogP contribution in [0, 0.1) is 13.8 Å². The topological polar surface area (TPSA) is 72.3 Å². The second kappa shape index (κ2) is 7.55. The number of amides is 1. The highest BCUT2D eigenvalue weighted by atomic mass is 16.5. The van der Waals surface area contributed by atoms with Crippen molar-refractivity contribution in [3.63, 3.8) is 0 Å². The molecular weight excluding hydrogens is 330 g/mol. The highest BCUT2D eigenvalue weighted by Crippen LogP contribution is 2.16. The summed E-state index contributed by atoms with van der Waals surface area (Å²) in [6, 6.07) is 7.97. The van der Waals surface area contributed by atoms with Crippen LogP contribution in [0.2, 0.25) is 0 Å². The van der Waals surface area contributed by atoms with Gasteiger partial charge in [-0.3, -0.25) is 9.69 Å². The van der Waals surface area contributed by atoms with Crippen LogP contribution in [0.25, 0.3) is 5.69 Å². The molecule has 7 heteroatoms. The van der Waals surface area contributed by atoms with Gasteiger partial charge in [-0.25, -0.2) is 4.68 Å². The molecule has 140 valence electrons. The van der Waals surface area contributed by atoms with Crippen LogP contribution in [0.1, 0.15) is 35.6 Å². The SMILES string of the molecule is Cc1ccc(-n2nnc(C(=O)NCC(C)(C)N3CCOCC3)c2C)cc1. The van der Waals surface area contributed by atoms with Gasteiger partial charge in [-0.15, -0.1) is 5.10 Å². The Labute approximate surface area is 154 Å². The number of nitrogens with one attached hydrogen (secondary N) is 1. The molecule has 1 N–H and O–H groups in total. The van der Waals surface area contributed by atoms with Gasteiger partial charge in [0.2, 0.25) is 0 Å². The lowest BCUT2D eigenvalue weighted by molar-refractivity contribution is -0.00924. The molecule has 2 heterocycles. The summed E-state index contributed by atoms with van der Waals surface area (Å²) in [6.07, 6.45) is 0. The molecule has 0 atom stereocenters. The average Bonchev–Trinajstić information content (AvgIpc) is 3.03. The molecule has 1 aliphatic heterocycles. The Morgan fingerprint density at radius 3 is 2.50 bits per heavy atom. The Kier molecular flexibility index (Phi) is 5.38. The zero-order valence-electron chi connectivity index (χ0n) is 16.0. The molecule has 1 amide bonds. The van der Waals surface area contributed by atoms with Crippen molar-refractivity contribution in [2.24, 2.45) is 0 Å². The molecule has 1 aromatic carbocycles. The number of carbonyl (C=O) groups excluding carboxylic acids is 1. The highest BCUT2D eigenvalue weighted by molar-refractivity contribution is 5.93. The number of hydrogen-bond acceptors (Lipinski definition) is 5. The largest absolute Gasteiger partial charge is 0.379 e. The van der Waals surface area contributed by atoms with Crippen LogP contribution in [-0.2, 0) is 4.74 Å². The van der Waals surface area contributed by atoms with Crippen LogP contribution < -0.4 is 5.32 Å². The first kappa shape index (κ1) is 18.5. The van der Waals surface area contributed by atoms with Crippen molar-refractivity contribution in [1.29, 1.82) is 0 Å².